The molecule has 0 radical (unpaired) electrons. The van der Waals surface area contributed by atoms with Gasteiger partial charge in [-0.3, -0.25) is 4.79 Å². The maximum absolute atomic E-state index is 10.8. The second kappa shape index (κ2) is 5.24. The summed E-state index contributed by atoms with van der Waals surface area (Å²) in [4.78, 5) is 18.6. The SMILES string of the molecule is CC(=O)Oc1ccc(-c2nc(N)nc(N)c2C#N)cc1. The Morgan fingerprint density at radius 1 is 1.25 bits per heavy atom. The first-order chi connectivity index (χ1) is 9.51. The molecular formula is C13H11N5O2. The number of hydrogen-bond acceptors (Lipinski definition) is 7. The Kier molecular flexibility index (Phi) is 3.48. The van der Waals surface area contributed by atoms with Crippen molar-refractivity contribution in [3.63, 3.8) is 0 Å². The van der Waals surface area contributed by atoms with E-state index in [2.05, 4.69) is 9.97 Å². The maximum Gasteiger partial charge on any atom is 0.308 e. The quantitative estimate of drug-likeness (QED) is 0.617. The van der Waals surface area contributed by atoms with E-state index in [1.807, 2.05) is 6.07 Å². The summed E-state index contributed by atoms with van der Waals surface area (Å²) in [6.45, 7) is 1.31. The predicted molar refractivity (Wildman–Crippen MR) is 72.3 cm³/mol. The van der Waals surface area contributed by atoms with Crippen molar-refractivity contribution in [2.45, 2.75) is 6.92 Å². The van der Waals surface area contributed by atoms with E-state index in [-0.39, 0.29) is 17.3 Å². The van der Waals surface area contributed by atoms with Gasteiger partial charge in [0.15, 0.2) is 0 Å². The maximum atomic E-state index is 10.8. The minimum Gasteiger partial charge on any atom is -0.427 e. The summed E-state index contributed by atoms with van der Waals surface area (Å²) in [5, 5.41) is 9.10. The van der Waals surface area contributed by atoms with Gasteiger partial charge in [0, 0.05) is 12.5 Å². The van der Waals surface area contributed by atoms with Gasteiger partial charge >= 0.3 is 5.97 Å². The number of hydrogen-bond donors (Lipinski definition) is 2. The lowest BCUT2D eigenvalue weighted by molar-refractivity contribution is -0.131. The Hall–Kier alpha value is -3.14. The van der Waals surface area contributed by atoms with Gasteiger partial charge in [0.1, 0.15) is 23.2 Å². The van der Waals surface area contributed by atoms with Crippen molar-refractivity contribution in [1.29, 1.82) is 5.26 Å². The van der Waals surface area contributed by atoms with E-state index in [1.54, 1.807) is 24.3 Å². The van der Waals surface area contributed by atoms with E-state index in [0.717, 1.165) is 0 Å². The van der Waals surface area contributed by atoms with E-state index in [0.29, 0.717) is 17.0 Å². The van der Waals surface area contributed by atoms with E-state index in [9.17, 15) is 4.79 Å². The number of ether oxygens (including phenoxy) is 1. The second-order valence-corrected chi connectivity index (χ2v) is 3.92. The van der Waals surface area contributed by atoms with Crippen molar-refractivity contribution in [3.8, 4) is 23.1 Å². The third-order valence-corrected chi connectivity index (χ3v) is 2.46. The van der Waals surface area contributed by atoms with Crippen molar-refractivity contribution < 1.29 is 9.53 Å². The topological polar surface area (TPSA) is 128 Å². The molecule has 0 atom stereocenters. The van der Waals surface area contributed by atoms with Crippen LogP contribution in [0.2, 0.25) is 0 Å². The number of benzene rings is 1. The summed E-state index contributed by atoms with van der Waals surface area (Å²) in [6, 6.07) is 8.43. The predicted octanol–water partition coefficient (Wildman–Crippen LogP) is 1.10. The van der Waals surface area contributed by atoms with Crippen LogP contribution in [0.15, 0.2) is 24.3 Å². The molecule has 0 spiro atoms. The zero-order chi connectivity index (χ0) is 14.7. The van der Waals surface area contributed by atoms with Gasteiger partial charge in [-0.2, -0.15) is 10.2 Å². The van der Waals surface area contributed by atoms with E-state index in [4.69, 9.17) is 21.5 Å². The van der Waals surface area contributed by atoms with E-state index >= 15 is 0 Å². The van der Waals surface area contributed by atoms with Crippen LogP contribution in [0.25, 0.3) is 11.3 Å². The van der Waals surface area contributed by atoms with Crippen LogP contribution in [-0.4, -0.2) is 15.9 Å². The Morgan fingerprint density at radius 3 is 2.45 bits per heavy atom. The highest BCUT2D eigenvalue weighted by Gasteiger charge is 2.13. The fourth-order valence-electron chi connectivity index (χ4n) is 1.66. The van der Waals surface area contributed by atoms with Crippen LogP contribution in [-0.2, 0) is 4.79 Å². The number of nitrogens with two attached hydrogens (primary N) is 2. The number of nitriles is 1. The standard InChI is InChI=1S/C13H11N5O2/c1-7(19)20-9-4-2-8(3-5-9)11-10(6-14)12(15)18-13(16)17-11/h2-5H,1H3,(H4,15,16,17,18). The zero-order valence-electron chi connectivity index (χ0n) is 10.6. The summed E-state index contributed by atoms with van der Waals surface area (Å²) in [5.41, 5.74) is 12.3. The number of nitrogens with zero attached hydrogens (tertiary/aromatic N) is 3. The average molecular weight is 269 g/mol. The summed E-state index contributed by atoms with van der Waals surface area (Å²) < 4.78 is 4.92. The molecule has 100 valence electrons. The van der Waals surface area contributed by atoms with Crippen LogP contribution >= 0.6 is 0 Å². The number of nitrogen functional groups attached to an aromatic ring is 2. The smallest absolute Gasteiger partial charge is 0.308 e. The lowest BCUT2D eigenvalue weighted by atomic mass is 10.1. The molecule has 0 aliphatic carbocycles. The van der Waals surface area contributed by atoms with Gasteiger partial charge in [0.2, 0.25) is 5.95 Å². The fraction of sp³-hybridized carbons (Fsp3) is 0.0769. The lowest BCUT2D eigenvalue weighted by Gasteiger charge is -2.07. The lowest BCUT2D eigenvalue weighted by Crippen LogP contribution is -2.05. The minimum absolute atomic E-state index is 0.0134. The Balaban J connectivity index is 2.47. The fourth-order valence-corrected chi connectivity index (χ4v) is 1.66. The third kappa shape index (κ3) is 2.64. The largest absolute Gasteiger partial charge is 0.427 e. The van der Waals surface area contributed by atoms with Gasteiger partial charge in [0.05, 0.1) is 5.69 Å². The average Bonchev–Trinajstić information content (AvgIpc) is 2.38. The molecule has 2 rings (SSSR count). The molecule has 7 nitrogen and oxygen atoms in total. The first-order valence-corrected chi connectivity index (χ1v) is 5.63. The van der Waals surface area contributed by atoms with Crippen LogP contribution in [0.5, 0.6) is 5.75 Å². The molecule has 0 aliphatic rings. The normalized spacial score (nSPS) is 9.80. The van der Waals surface area contributed by atoms with Crippen LogP contribution in [0.4, 0.5) is 11.8 Å². The number of carbonyl (C=O) groups is 1. The summed E-state index contributed by atoms with van der Waals surface area (Å²) in [7, 11) is 0. The molecule has 0 saturated carbocycles. The number of esters is 1. The van der Waals surface area contributed by atoms with Gasteiger partial charge in [-0.25, -0.2) is 4.98 Å². The number of carbonyl (C=O) groups excluding carboxylic acids is 1. The van der Waals surface area contributed by atoms with Crippen molar-refractivity contribution in [1.82, 2.24) is 9.97 Å². The van der Waals surface area contributed by atoms with Gasteiger partial charge in [-0.15, -0.1) is 0 Å². The highest BCUT2D eigenvalue weighted by Crippen LogP contribution is 2.26. The second-order valence-electron chi connectivity index (χ2n) is 3.92. The Morgan fingerprint density at radius 2 is 1.90 bits per heavy atom. The van der Waals surface area contributed by atoms with E-state index in [1.165, 1.54) is 6.92 Å². The van der Waals surface area contributed by atoms with Crippen LogP contribution < -0.4 is 16.2 Å². The molecule has 20 heavy (non-hydrogen) atoms. The number of anilines is 2. The molecule has 1 aromatic carbocycles. The molecule has 0 fully saturated rings. The van der Waals surface area contributed by atoms with E-state index < -0.39 is 5.97 Å². The van der Waals surface area contributed by atoms with Crippen LogP contribution in [0.3, 0.4) is 0 Å². The molecule has 2 aromatic rings. The first kappa shape index (κ1) is 13.3. The highest BCUT2D eigenvalue weighted by molar-refractivity contribution is 5.74. The molecular weight excluding hydrogens is 258 g/mol. The molecule has 0 saturated heterocycles. The van der Waals surface area contributed by atoms with Crippen molar-refractivity contribution >= 4 is 17.7 Å². The molecule has 4 N–H and O–H groups in total. The van der Waals surface area contributed by atoms with Crippen LogP contribution in [0.1, 0.15) is 12.5 Å². The van der Waals surface area contributed by atoms with Gasteiger partial charge in [-0.05, 0) is 24.3 Å². The molecule has 1 heterocycles. The Labute approximate surface area is 114 Å². The minimum atomic E-state index is -0.411. The first-order valence-electron chi connectivity index (χ1n) is 5.63. The Bertz CT molecular complexity index is 704. The van der Waals surface area contributed by atoms with Crippen molar-refractivity contribution in [2.75, 3.05) is 11.5 Å². The number of aromatic nitrogens is 2. The number of rotatable bonds is 2. The van der Waals surface area contributed by atoms with Crippen molar-refractivity contribution in [3.05, 3.63) is 29.8 Å². The molecule has 0 amide bonds. The van der Waals surface area contributed by atoms with Gasteiger partial charge in [0.25, 0.3) is 0 Å². The zero-order valence-corrected chi connectivity index (χ0v) is 10.6. The summed E-state index contributed by atoms with van der Waals surface area (Å²) in [6.07, 6.45) is 0. The molecule has 7 heteroatoms. The van der Waals surface area contributed by atoms with Gasteiger partial charge in [-0.1, -0.05) is 0 Å². The highest BCUT2D eigenvalue weighted by atomic mass is 16.5. The van der Waals surface area contributed by atoms with Gasteiger partial charge < -0.3 is 16.2 Å². The third-order valence-electron chi connectivity index (χ3n) is 2.46. The molecule has 1 aromatic heterocycles. The van der Waals surface area contributed by atoms with Crippen molar-refractivity contribution in [2.24, 2.45) is 0 Å². The monoisotopic (exact) mass is 269 g/mol. The molecule has 0 unspecified atom stereocenters. The summed E-state index contributed by atoms with van der Waals surface area (Å²) in [5.74, 6) is 0.000344. The molecule has 0 bridgehead atoms. The summed E-state index contributed by atoms with van der Waals surface area (Å²) >= 11 is 0. The molecule has 0 aliphatic heterocycles. The van der Waals surface area contributed by atoms with Crippen LogP contribution in [0, 0.1) is 11.3 Å².